The summed E-state index contributed by atoms with van der Waals surface area (Å²) in [5.74, 6) is -22.7. The minimum absolute atomic E-state index is 1.23. The molecule has 0 aromatic carbocycles. The normalized spacial score (nSPS) is 19.3. The first-order valence-corrected chi connectivity index (χ1v) is 6.30. The first-order valence-electron chi connectivity index (χ1n) is 5.92. The molecule has 0 saturated carbocycles. The highest BCUT2D eigenvalue weighted by Gasteiger charge is 2.85. The summed E-state index contributed by atoms with van der Waals surface area (Å²) < 4.78 is 217. The van der Waals surface area contributed by atoms with E-state index in [2.05, 4.69) is 11.6 Å². The van der Waals surface area contributed by atoms with Crippen LogP contribution >= 0.6 is 11.6 Å². The van der Waals surface area contributed by atoms with Crippen molar-refractivity contribution in [2.45, 2.75) is 48.4 Å². The first kappa shape index (κ1) is 28.7. The minimum Gasteiger partial charge on any atom is -0.274 e. The highest BCUT2D eigenvalue weighted by atomic mass is 35.5. The van der Waals surface area contributed by atoms with Crippen molar-refractivity contribution in [2.75, 3.05) is 0 Å². The second-order valence-electron chi connectivity index (χ2n) is 4.77. The third-order valence-electron chi connectivity index (χ3n) is 2.62. The van der Waals surface area contributed by atoms with Crippen molar-refractivity contribution in [1.82, 2.24) is 0 Å². The quantitative estimate of drug-likeness (QED) is 0.327. The number of hydrogen-bond donors (Lipinski definition) is 0. The van der Waals surface area contributed by atoms with Crippen LogP contribution in [0.1, 0.15) is 0 Å². The largest absolute Gasteiger partial charge is 0.462 e. The van der Waals surface area contributed by atoms with Gasteiger partial charge in [0, 0.05) is 0 Å². The van der Waals surface area contributed by atoms with Gasteiger partial charge in [0.2, 0.25) is 0 Å². The van der Waals surface area contributed by atoms with E-state index >= 15 is 0 Å². The molecule has 0 N–H and O–H groups in total. The zero-order valence-electron chi connectivity index (χ0n) is 12.5. The monoisotopic (exact) mass is 514 g/mol. The van der Waals surface area contributed by atoms with Gasteiger partial charge in [-0.05, 0) is 11.6 Å². The maximum Gasteiger partial charge on any atom is 0.462 e. The predicted molar refractivity (Wildman–Crippen MR) is 53.7 cm³/mol. The molecule has 0 fully saturated rings. The van der Waals surface area contributed by atoms with Crippen LogP contribution in [0.25, 0.3) is 0 Å². The van der Waals surface area contributed by atoms with Crippen LogP contribution in [-0.2, 0) is 14.3 Å². The topological polar surface area (TPSA) is 35.5 Å². The lowest BCUT2D eigenvalue weighted by atomic mass is 10.2. The highest BCUT2D eigenvalue weighted by Crippen LogP contribution is 2.56. The zero-order chi connectivity index (χ0) is 25.0. The van der Waals surface area contributed by atoms with E-state index in [4.69, 9.17) is 0 Å². The molecule has 0 aliphatic carbocycles. The molecule has 0 rings (SSSR count). The number of halogens is 18. The molecular formula is C9ClF17O3. The summed E-state index contributed by atoms with van der Waals surface area (Å²) in [6.07, 6.45) is -38.5. The average molecular weight is 515 g/mol. The second kappa shape index (κ2) is 7.38. The summed E-state index contributed by atoms with van der Waals surface area (Å²) in [5.41, 5.74) is 0. The Morgan fingerprint density at radius 2 is 0.900 bits per heavy atom. The van der Waals surface area contributed by atoms with Crippen LogP contribution < -0.4 is 0 Å². The van der Waals surface area contributed by atoms with Crippen LogP contribution in [-0.4, -0.2) is 53.6 Å². The Labute approximate surface area is 155 Å². The summed E-state index contributed by atoms with van der Waals surface area (Å²) in [6.45, 7) is 0. The molecule has 0 aliphatic heterocycles. The number of alkyl halides is 17. The molecule has 0 bridgehead atoms. The highest BCUT2D eigenvalue weighted by molar-refractivity contribution is 6.65. The van der Waals surface area contributed by atoms with Crippen molar-refractivity contribution < 1.29 is 88.9 Å². The number of hydrogen-bond acceptors (Lipinski definition) is 3. The van der Waals surface area contributed by atoms with E-state index in [1.54, 1.807) is 4.74 Å². The summed E-state index contributed by atoms with van der Waals surface area (Å²) in [7, 11) is 0. The molecular weight excluding hydrogens is 515 g/mol. The van der Waals surface area contributed by atoms with Gasteiger partial charge in [0.05, 0.1) is 0 Å². The van der Waals surface area contributed by atoms with Crippen molar-refractivity contribution >= 4 is 16.8 Å². The van der Waals surface area contributed by atoms with E-state index in [0.29, 0.717) is 0 Å². The van der Waals surface area contributed by atoms with Crippen molar-refractivity contribution in [2.24, 2.45) is 0 Å². The van der Waals surface area contributed by atoms with Gasteiger partial charge in [0.1, 0.15) is 0 Å². The summed E-state index contributed by atoms with van der Waals surface area (Å²) in [4.78, 5) is 10.3. The Morgan fingerprint density at radius 3 is 1.13 bits per heavy atom. The lowest BCUT2D eigenvalue weighted by molar-refractivity contribution is -0.547. The number of rotatable bonds is 7. The molecule has 30 heavy (non-hydrogen) atoms. The van der Waals surface area contributed by atoms with Gasteiger partial charge >= 0.3 is 48.4 Å². The van der Waals surface area contributed by atoms with Crippen LogP contribution in [0.4, 0.5) is 74.6 Å². The molecule has 180 valence electrons. The predicted octanol–water partition coefficient (Wildman–Crippen LogP) is 5.62. The van der Waals surface area contributed by atoms with E-state index in [0.717, 1.165) is 0 Å². The second-order valence-corrected chi connectivity index (χ2v) is 5.11. The Morgan fingerprint density at radius 1 is 0.533 bits per heavy atom. The van der Waals surface area contributed by atoms with Crippen LogP contribution in [0.5, 0.6) is 0 Å². The molecule has 3 nitrogen and oxygen atoms in total. The number of carbonyl (C=O) groups excluding carboxylic acids is 1. The number of carbonyl (C=O) groups is 1. The summed E-state index contributed by atoms with van der Waals surface area (Å²) in [5, 5.41) is -3.81. The van der Waals surface area contributed by atoms with Gasteiger partial charge in [-0.1, -0.05) is 0 Å². The van der Waals surface area contributed by atoms with Gasteiger partial charge in [0.25, 0.3) is 5.24 Å². The van der Waals surface area contributed by atoms with E-state index < -0.39 is 53.6 Å². The minimum atomic E-state index is -8.03. The van der Waals surface area contributed by atoms with Crippen LogP contribution in [0.15, 0.2) is 0 Å². The Bertz CT molecular complexity index is 650. The molecule has 0 heterocycles. The lowest BCUT2D eigenvalue weighted by Gasteiger charge is -2.39. The summed E-state index contributed by atoms with van der Waals surface area (Å²) in [6, 6.07) is 0. The van der Waals surface area contributed by atoms with E-state index in [-0.39, 0.29) is 0 Å². The van der Waals surface area contributed by atoms with Crippen molar-refractivity contribution in [3.05, 3.63) is 0 Å². The lowest BCUT2D eigenvalue weighted by Crippen LogP contribution is -2.67. The van der Waals surface area contributed by atoms with Crippen molar-refractivity contribution in [1.29, 1.82) is 0 Å². The van der Waals surface area contributed by atoms with E-state index in [1.807, 2.05) is 0 Å². The molecule has 0 amide bonds. The fraction of sp³-hybridized carbons (Fsp3) is 0.889. The first-order chi connectivity index (χ1) is 12.6. The maximum absolute atomic E-state index is 13.6. The van der Waals surface area contributed by atoms with Crippen LogP contribution in [0.2, 0.25) is 0 Å². The van der Waals surface area contributed by atoms with Gasteiger partial charge in [0.15, 0.2) is 0 Å². The Balaban J connectivity index is 6.63. The average Bonchev–Trinajstić information content (AvgIpc) is 2.41. The van der Waals surface area contributed by atoms with Gasteiger partial charge in [-0.3, -0.25) is 14.3 Å². The van der Waals surface area contributed by atoms with Crippen molar-refractivity contribution in [3.63, 3.8) is 0 Å². The molecule has 0 aromatic heterocycles. The molecule has 0 aromatic rings. The Kier molecular flexibility index (Phi) is 7.06. The van der Waals surface area contributed by atoms with Crippen LogP contribution in [0.3, 0.4) is 0 Å². The molecule has 0 radical (unpaired) electrons. The Hall–Kier alpha value is -1.31. The molecule has 0 aliphatic rings. The zero-order valence-corrected chi connectivity index (χ0v) is 13.3. The van der Waals surface area contributed by atoms with Gasteiger partial charge in [-0.2, -0.15) is 74.6 Å². The van der Waals surface area contributed by atoms with E-state index in [1.165, 1.54) is 4.74 Å². The standard InChI is InChI=1S/C9ClF17O3/c10-1(28)2(11,5(15,16)17)29-9(26,27)4(14,7(21,22)23)30-8(24,25)3(12,13)6(18,19)20. The van der Waals surface area contributed by atoms with Gasteiger partial charge in [-0.25, -0.2) is 0 Å². The molecule has 2 unspecified atom stereocenters. The van der Waals surface area contributed by atoms with Crippen molar-refractivity contribution in [3.8, 4) is 0 Å². The van der Waals surface area contributed by atoms with Gasteiger partial charge < -0.3 is 0 Å². The molecule has 0 spiro atoms. The SMILES string of the molecule is O=C(Cl)C(F)(OC(F)(F)C(F)(OC(F)(F)C(F)(F)C(F)(F)F)C(F)(F)F)C(F)(F)F. The van der Waals surface area contributed by atoms with E-state index in [9.17, 15) is 79.4 Å². The maximum atomic E-state index is 13.6. The number of ether oxygens (including phenoxy) is 2. The van der Waals surface area contributed by atoms with Gasteiger partial charge in [-0.15, -0.1) is 0 Å². The smallest absolute Gasteiger partial charge is 0.274 e. The van der Waals surface area contributed by atoms with Crippen LogP contribution in [0, 0.1) is 0 Å². The molecule has 0 saturated heterocycles. The fourth-order valence-electron chi connectivity index (χ4n) is 1.14. The summed E-state index contributed by atoms with van der Waals surface area (Å²) >= 11 is 3.85. The molecule has 21 heteroatoms. The fourth-order valence-corrected chi connectivity index (χ4v) is 1.29. The third kappa shape index (κ3) is 4.63. The molecule has 2 atom stereocenters. The third-order valence-corrected chi connectivity index (χ3v) is 2.86.